The molecule has 1 aliphatic rings. The summed E-state index contributed by atoms with van der Waals surface area (Å²) in [4.78, 5) is 12.2. The normalized spacial score (nSPS) is 25.3. The van der Waals surface area contributed by atoms with Gasteiger partial charge in [0, 0.05) is 11.9 Å². The molecule has 2 unspecified atom stereocenters. The molecule has 1 aromatic heterocycles. The Morgan fingerprint density at radius 1 is 1.62 bits per heavy atom. The van der Waals surface area contributed by atoms with E-state index in [4.69, 9.17) is 11.6 Å². The highest BCUT2D eigenvalue weighted by Gasteiger charge is 2.21. The average molecular weight is 260 g/mol. The molecule has 0 saturated heterocycles. The number of rotatable bonds is 3. The summed E-state index contributed by atoms with van der Waals surface area (Å²) in [6.07, 6.45) is 5.92. The first kappa shape index (κ1) is 11.8. The van der Waals surface area contributed by atoms with Gasteiger partial charge in [0.25, 0.3) is 5.91 Å². The Hall–Kier alpha value is -0.680. The summed E-state index contributed by atoms with van der Waals surface area (Å²) in [5, 5.41) is 6.82. The van der Waals surface area contributed by atoms with Gasteiger partial charge in [-0.25, -0.2) is 0 Å². The van der Waals surface area contributed by atoms with Crippen LogP contribution in [0, 0.1) is 5.92 Å². The van der Waals surface area contributed by atoms with Crippen LogP contribution in [0.5, 0.6) is 0 Å². The summed E-state index contributed by atoms with van der Waals surface area (Å²) in [6.45, 7) is 0.708. The lowest BCUT2D eigenvalue weighted by Crippen LogP contribution is -2.31. The van der Waals surface area contributed by atoms with E-state index in [1.54, 1.807) is 0 Å². The first-order chi connectivity index (χ1) is 7.75. The molecule has 6 heteroatoms. The number of halogens is 1. The zero-order valence-corrected chi connectivity index (χ0v) is 10.4. The van der Waals surface area contributed by atoms with E-state index in [0.29, 0.717) is 17.3 Å². The predicted octanol–water partition coefficient (Wildman–Crippen LogP) is 2.07. The predicted molar refractivity (Wildman–Crippen MR) is 63.8 cm³/mol. The molecule has 0 radical (unpaired) electrons. The number of aromatic nitrogens is 2. The summed E-state index contributed by atoms with van der Waals surface area (Å²) in [6, 6.07) is 0. The van der Waals surface area contributed by atoms with Gasteiger partial charge >= 0.3 is 0 Å². The monoisotopic (exact) mass is 259 g/mol. The molecule has 0 bridgehead atoms. The van der Waals surface area contributed by atoms with Crippen LogP contribution in [-0.4, -0.2) is 27.4 Å². The third-order valence-electron chi connectivity index (χ3n) is 2.86. The molecule has 1 N–H and O–H groups in total. The zero-order valence-electron chi connectivity index (χ0n) is 8.86. The molecule has 88 valence electrons. The first-order valence-corrected chi connectivity index (χ1v) is 6.66. The molecule has 16 heavy (non-hydrogen) atoms. The molecule has 1 fully saturated rings. The molecule has 2 rings (SSSR count). The molecule has 2 atom stereocenters. The number of nitrogens with one attached hydrogen (secondary N) is 1. The van der Waals surface area contributed by atoms with Gasteiger partial charge in [-0.05, 0) is 36.7 Å². The summed E-state index contributed by atoms with van der Waals surface area (Å²) >= 11 is 7.21. The maximum atomic E-state index is 11.6. The van der Waals surface area contributed by atoms with Crippen LogP contribution in [0.2, 0.25) is 0 Å². The van der Waals surface area contributed by atoms with Crippen molar-refractivity contribution >= 4 is 29.0 Å². The van der Waals surface area contributed by atoms with Crippen molar-refractivity contribution < 1.29 is 4.79 Å². The molecule has 0 aromatic carbocycles. The van der Waals surface area contributed by atoms with E-state index in [0.717, 1.165) is 37.2 Å². The van der Waals surface area contributed by atoms with Gasteiger partial charge < -0.3 is 5.32 Å². The second-order valence-electron chi connectivity index (χ2n) is 4.12. The minimum atomic E-state index is -0.0771. The van der Waals surface area contributed by atoms with Crippen molar-refractivity contribution in [3.63, 3.8) is 0 Å². The van der Waals surface area contributed by atoms with E-state index in [1.807, 2.05) is 0 Å². The number of carbonyl (C=O) groups is 1. The Morgan fingerprint density at radius 2 is 2.50 bits per heavy atom. The van der Waals surface area contributed by atoms with E-state index in [9.17, 15) is 4.79 Å². The van der Waals surface area contributed by atoms with Crippen LogP contribution in [0.4, 0.5) is 0 Å². The molecule has 1 aliphatic carbocycles. The Labute approximate surface area is 104 Å². The number of hydrogen-bond donors (Lipinski definition) is 1. The fourth-order valence-corrected chi connectivity index (χ4v) is 2.84. The number of alkyl halides is 1. The van der Waals surface area contributed by atoms with Crippen molar-refractivity contribution in [2.75, 3.05) is 6.54 Å². The molecule has 1 heterocycles. The second-order valence-corrected chi connectivity index (χ2v) is 5.52. The summed E-state index contributed by atoms with van der Waals surface area (Å²) in [7, 11) is 0. The van der Waals surface area contributed by atoms with Gasteiger partial charge in [0.05, 0.1) is 6.20 Å². The van der Waals surface area contributed by atoms with Crippen LogP contribution in [0.25, 0.3) is 0 Å². The molecular weight excluding hydrogens is 246 g/mol. The Bertz CT molecular complexity index is 344. The van der Waals surface area contributed by atoms with E-state index in [2.05, 4.69) is 14.9 Å². The largest absolute Gasteiger partial charge is 0.351 e. The van der Waals surface area contributed by atoms with Gasteiger partial charge in [-0.2, -0.15) is 0 Å². The Balaban J connectivity index is 1.77. The van der Waals surface area contributed by atoms with Crippen molar-refractivity contribution in [1.29, 1.82) is 0 Å². The van der Waals surface area contributed by atoms with Crippen LogP contribution >= 0.6 is 23.1 Å². The summed E-state index contributed by atoms with van der Waals surface area (Å²) < 4.78 is 3.66. The molecule has 1 amide bonds. The molecule has 1 aromatic rings. The topological polar surface area (TPSA) is 54.9 Å². The highest BCUT2D eigenvalue weighted by atomic mass is 35.5. The second kappa shape index (κ2) is 5.59. The van der Waals surface area contributed by atoms with Crippen molar-refractivity contribution in [2.24, 2.45) is 5.92 Å². The van der Waals surface area contributed by atoms with Crippen molar-refractivity contribution in [3.05, 3.63) is 11.1 Å². The Morgan fingerprint density at radius 3 is 3.19 bits per heavy atom. The molecule has 0 aliphatic heterocycles. The standard InChI is InChI=1S/C10H14ClN3OS/c11-8-3-1-2-7(4-8)5-12-10(15)9-6-13-14-16-9/h6-8H,1-5H2,(H,12,15). The van der Waals surface area contributed by atoms with Gasteiger partial charge in [0.2, 0.25) is 0 Å². The minimum absolute atomic E-state index is 0.0771. The van der Waals surface area contributed by atoms with Gasteiger partial charge in [0.1, 0.15) is 4.88 Å². The number of nitrogens with zero attached hydrogens (tertiary/aromatic N) is 2. The number of hydrogen-bond acceptors (Lipinski definition) is 4. The van der Waals surface area contributed by atoms with Crippen molar-refractivity contribution in [1.82, 2.24) is 14.9 Å². The smallest absolute Gasteiger partial charge is 0.264 e. The lowest BCUT2D eigenvalue weighted by Gasteiger charge is -2.25. The van der Waals surface area contributed by atoms with Crippen LogP contribution in [0.15, 0.2) is 6.20 Å². The third-order valence-corrected chi connectivity index (χ3v) is 3.92. The average Bonchev–Trinajstić information content (AvgIpc) is 2.79. The highest BCUT2D eigenvalue weighted by molar-refractivity contribution is 7.07. The zero-order chi connectivity index (χ0) is 11.4. The Kier molecular flexibility index (Phi) is 4.12. The molecule has 1 saturated carbocycles. The maximum Gasteiger partial charge on any atom is 0.264 e. The van der Waals surface area contributed by atoms with Crippen LogP contribution in [-0.2, 0) is 0 Å². The third kappa shape index (κ3) is 3.15. The van der Waals surface area contributed by atoms with E-state index < -0.39 is 0 Å². The lowest BCUT2D eigenvalue weighted by molar-refractivity contribution is 0.0947. The van der Waals surface area contributed by atoms with E-state index in [1.165, 1.54) is 6.20 Å². The van der Waals surface area contributed by atoms with Crippen LogP contribution in [0.1, 0.15) is 35.4 Å². The highest BCUT2D eigenvalue weighted by Crippen LogP contribution is 2.27. The summed E-state index contributed by atoms with van der Waals surface area (Å²) in [5.41, 5.74) is 0. The van der Waals surface area contributed by atoms with Crippen molar-refractivity contribution in [3.8, 4) is 0 Å². The van der Waals surface area contributed by atoms with E-state index >= 15 is 0 Å². The van der Waals surface area contributed by atoms with Crippen molar-refractivity contribution in [2.45, 2.75) is 31.1 Å². The number of amides is 1. The van der Waals surface area contributed by atoms with Gasteiger partial charge in [0.15, 0.2) is 0 Å². The van der Waals surface area contributed by atoms with Gasteiger partial charge in [-0.15, -0.1) is 16.7 Å². The minimum Gasteiger partial charge on any atom is -0.351 e. The number of carbonyl (C=O) groups excluding carboxylic acids is 1. The van der Waals surface area contributed by atoms with Crippen LogP contribution < -0.4 is 5.32 Å². The fourth-order valence-electron chi connectivity index (χ4n) is 2.00. The SMILES string of the molecule is O=C(NCC1CCCC(Cl)C1)c1cnns1. The summed E-state index contributed by atoms with van der Waals surface area (Å²) in [5.74, 6) is 0.438. The molecule has 4 nitrogen and oxygen atoms in total. The molecule has 0 spiro atoms. The quantitative estimate of drug-likeness (QED) is 0.846. The van der Waals surface area contributed by atoms with E-state index in [-0.39, 0.29) is 11.3 Å². The van der Waals surface area contributed by atoms with Crippen LogP contribution in [0.3, 0.4) is 0 Å². The van der Waals surface area contributed by atoms with Gasteiger partial charge in [-0.1, -0.05) is 10.9 Å². The van der Waals surface area contributed by atoms with Gasteiger partial charge in [-0.3, -0.25) is 4.79 Å². The first-order valence-electron chi connectivity index (χ1n) is 5.45. The molecular formula is C10H14ClN3OS. The lowest BCUT2D eigenvalue weighted by atomic mass is 9.89. The maximum absolute atomic E-state index is 11.6. The fraction of sp³-hybridized carbons (Fsp3) is 0.700.